The molecular weight excluding hydrogens is 354 g/mol. The Labute approximate surface area is 163 Å². The van der Waals surface area contributed by atoms with Crippen LogP contribution in [0.15, 0.2) is 65.7 Å². The minimum atomic E-state index is -0.913. The van der Waals surface area contributed by atoms with Crippen molar-refractivity contribution < 1.29 is 19.0 Å². The maximum absolute atomic E-state index is 13.2. The number of carbonyl (C=O) groups is 1. The summed E-state index contributed by atoms with van der Waals surface area (Å²) in [5.41, 5.74) is 0.930. The minimum absolute atomic E-state index is 0.0457. The van der Waals surface area contributed by atoms with E-state index in [-0.39, 0.29) is 23.7 Å². The first-order valence-electron chi connectivity index (χ1n) is 9.45. The van der Waals surface area contributed by atoms with E-state index in [0.29, 0.717) is 17.4 Å². The van der Waals surface area contributed by atoms with Gasteiger partial charge in [0.05, 0.1) is 14.2 Å². The molecule has 142 valence electrons. The lowest BCUT2D eigenvalue weighted by atomic mass is 9.73. The first kappa shape index (κ1) is 17.0. The van der Waals surface area contributed by atoms with Gasteiger partial charge in [0.2, 0.25) is 5.90 Å². The predicted molar refractivity (Wildman–Crippen MR) is 105 cm³/mol. The zero-order valence-electron chi connectivity index (χ0n) is 15.8. The van der Waals surface area contributed by atoms with Gasteiger partial charge in [-0.25, -0.2) is 9.79 Å². The highest BCUT2D eigenvalue weighted by Crippen LogP contribution is 2.59. The second-order valence-electron chi connectivity index (χ2n) is 7.48. The third kappa shape index (κ3) is 2.25. The van der Waals surface area contributed by atoms with Gasteiger partial charge in [-0.3, -0.25) is 0 Å². The van der Waals surface area contributed by atoms with E-state index in [0.717, 1.165) is 17.5 Å². The van der Waals surface area contributed by atoms with Crippen LogP contribution in [0, 0.1) is 11.8 Å². The summed E-state index contributed by atoms with van der Waals surface area (Å²) in [6, 6.07) is 15.5. The van der Waals surface area contributed by atoms with Crippen LogP contribution in [0.1, 0.15) is 23.5 Å². The average Bonchev–Trinajstić information content (AvgIpc) is 3.43. The van der Waals surface area contributed by atoms with Crippen LogP contribution < -0.4 is 9.47 Å². The van der Waals surface area contributed by atoms with E-state index in [1.807, 2.05) is 48.5 Å². The molecule has 2 aromatic carbocycles. The molecular formula is C23H21NO4. The number of benzene rings is 2. The molecule has 28 heavy (non-hydrogen) atoms. The van der Waals surface area contributed by atoms with E-state index in [1.54, 1.807) is 14.2 Å². The molecule has 5 rings (SSSR count). The van der Waals surface area contributed by atoms with Gasteiger partial charge in [-0.15, -0.1) is 0 Å². The first-order chi connectivity index (χ1) is 13.7. The molecule has 0 aromatic heterocycles. The summed E-state index contributed by atoms with van der Waals surface area (Å²) in [5.74, 6) is 1.68. The topological polar surface area (TPSA) is 57.1 Å². The lowest BCUT2D eigenvalue weighted by molar-refractivity contribution is -0.140. The number of ether oxygens (including phenoxy) is 3. The van der Waals surface area contributed by atoms with Crippen molar-refractivity contribution in [1.82, 2.24) is 0 Å². The fourth-order valence-electron chi connectivity index (χ4n) is 4.95. The smallest absolute Gasteiger partial charge is 0.342 e. The van der Waals surface area contributed by atoms with Gasteiger partial charge in [0.25, 0.3) is 0 Å². The van der Waals surface area contributed by atoms with Gasteiger partial charge >= 0.3 is 5.97 Å². The molecule has 0 N–H and O–H groups in total. The molecule has 0 amide bonds. The number of hydrogen-bond acceptors (Lipinski definition) is 5. The summed E-state index contributed by atoms with van der Waals surface area (Å²) in [5, 5.41) is 0. The molecule has 4 atom stereocenters. The molecule has 5 nitrogen and oxygen atoms in total. The number of nitrogens with zero attached hydrogens (tertiary/aromatic N) is 1. The lowest BCUT2D eigenvalue weighted by Crippen LogP contribution is -2.44. The first-order valence-corrected chi connectivity index (χ1v) is 9.45. The summed E-state index contributed by atoms with van der Waals surface area (Å²) < 4.78 is 16.6. The van der Waals surface area contributed by atoms with Crippen molar-refractivity contribution >= 4 is 11.9 Å². The van der Waals surface area contributed by atoms with Crippen LogP contribution in [0.5, 0.6) is 11.5 Å². The van der Waals surface area contributed by atoms with Crippen molar-refractivity contribution in [2.45, 2.75) is 17.9 Å². The van der Waals surface area contributed by atoms with Crippen molar-refractivity contribution in [3.63, 3.8) is 0 Å². The number of allylic oxidation sites excluding steroid dienone is 1. The van der Waals surface area contributed by atoms with Crippen LogP contribution in [-0.2, 0) is 9.53 Å². The van der Waals surface area contributed by atoms with Crippen LogP contribution in [0.25, 0.3) is 0 Å². The molecule has 2 aliphatic carbocycles. The Kier molecular flexibility index (Phi) is 3.79. The molecule has 5 heteroatoms. The number of carbonyl (C=O) groups excluding carboxylic acids is 1. The van der Waals surface area contributed by atoms with Gasteiger partial charge in [-0.2, -0.15) is 0 Å². The monoisotopic (exact) mass is 375 g/mol. The molecule has 1 fully saturated rings. The predicted octanol–water partition coefficient (Wildman–Crippen LogP) is 3.74. The Bertz CT molecular complexity index is 997. The van der Waals surface area contributed by atoms with Gasteiger partial charge < -0.3 is 14.2 Å². The third-order valence-electron chi connectivity index (χ3n) is 6.17. The Morgan fingerprint density at radius 2 is 1.82 bits per heavy atom. The maximum atomic E-state index is 13.2. The number of hydrogen-bond donors (Lipinski definition) is 0. The molecule has 1 aliphatic heterocycles. The number of rotatable bonds is 4. The summed E-state index contributed by atoms with van der Waals surface area (Å²) in [7, 11) is 3.23. The van der Waals surface area contributed by atoms with Gasteiger partial charge in [-0.1, -0.05) is 36.4 Å². The molecule has 0 radical (unpaired) electrons. The van der Waals surface area contributed by atoms with Crippen molar-refractivity contribution in [3.8, 4) is 11.5 Å². The molecule has 3 aliphatic rings. The second kappa shape index (κ2) is 6.23. The molecule has 1 heterocycles. The fraction of sp³-hybridized carbons (Fsp3) is 0.304. The van der Waals surface area contributed by atoms with E-state index < -0.39 is 5.54 Å². The van der Waals surface area contributed by atoms with E-state index in [9.17, 15) is 4.79 Å². The normalized spacial score (nSPS) is 29.9. The number of aliphatic imine (C=N–C) groups is 1. The highest BCUT2D eigenvalue weighted by Gasteiger charge is 2.65. The maximum Gasteiger partial charge on any atom is 0.342 e. The largest absolute Gasteiger partial charge is 0.493 e. The number of methoxy groups -OCH3 is 2. The zero-order valence-corrected chi connectivity index (χ0v) is 15.8. The van der Waals surface area contributed by atoms with Crippen LogP contribution in [-0.4, -0.2) is 31.6 Å². The summed E-state index contributed by atoms with van der Waals surface area (Å²) in [6.45, 7) is 0. The van der Waals surface area contributed by atoms with Gasteiger partial charge in [0, 0.05) is 17.4 Å². The molecule has 2 bridgehead atoms. The Morgan fingerprint density at radius 1 is 1.04 bits per heavy atom. The summed E-state index contributed by atoms with van der Waals surface area (Å²) in [4.78, 5) is 18.1. The highest BCUT2D eigenvalue weighted by molar-refractivity contribution is 6.09. The summed E-state index contributed by atoms with van der Waals surface area (Å²) >= 11 is 0. The van der Waals surface area contributed by atoms with Gasteiger partial charge in [0.1, 0.15) is 0 Å². The van der Waals surface area contributed by atoms with Crippen LogP contribution >= 0.6 is 0 Å². The van der Waals surface area contributed by atoms with Gasteiger partial charge in [-0.05, 0) is 42.2 Å². The van der Waals surface area contributed by atoms with Crippen LogP contribution in [0.4, 0.5) is 0 Å². The van der Waals surface area contributed by atoms with Crippen molar-refractivity contribution in [2.75, 3.05) is 14.2 Å². The van der Waals surface area contributed by atoms with E-state index >= 15 is 0 Å². The molecule has 2 unspecified atom stereocenters. The van der Waals surface area contributed by atoms with Crippen molar-refractivity contribution in [2.24, 2.45) is 16.8 Å². The minimum Gasteiger partial charge on any atom is -0.493 e. The van der Waals surface area contributed by atoms with E-state index in [4.69, 9.17) is 19.2 Å². The lowest BCUT2D eigenvalue weighted by Gasteiger charge is -2.33. The van der Waals surface area contributed by atoms with Crippen LogP contribution in [0.3, 0.4) is 0 Å². The average molecular weight is 375 g/mol. The fourth-order valence-corrected chi connectivity index (χ4v) is 4.95. The molecule has 0 saturated heterocycles. The number of esters is 1. The van der Waals surface area contributed by atoms with E-state index in [1.165, 1.54) is 0 Å². The van der Waals surface area contributed by atoms with Crippen molar-refractivity contribution in [3.05, 3.63) is 71.8 Å². The highest BCUT2D eigenvalue weighted by atomic mass is 16.6. The molecule has 1 saturated carbocycles. The molecule has 1 spiro atoms. The Morgan fingerprint density at radius 3 is 2.57 bits per heavy atom. The second-order valence-corrected chi connectivity index (χ2v) is 7.48. The Hall–Kier alpha value is -3.08. The number of fused-ring (bicyclic) bond motifs is 3. The van der Waals surface area contributed by atoms with Crippen molar-refractivity contribution in [1.29, 1.82) is 0 Å². The van der Waals surface area contributed by atoms with Gasteiger partial charge in [0.15, 0.2) is 17.0 Å². The Balaban J connectivity index is 1.63. The standard InChI is InChI=1S/C23H21NO4/c1-26-18-11-9-16(13-19(18)27-2)20-15-8-10-17(12-15)23(20)22(25)28-21(24-23)14-6-4-3-5-7-14/h3-11,13,15,17,20H,12H2,1-2H3/t15?,17?,20-,23-/m0/s1. The third-order valence-corrected chi connectivity index (χ3v) is 6.17. The molecule has 2 aromatic rings. The number of cyclic esters (lactones) is 1. The zero-order chi connectivity index (χ0) is 19.3. The SMILES string of the molecule is COc1ccc([C@@H]2C3C=CC(C3)[C@]23N=C(c2ccccc2)OC3=O)cc1OC. The van der Waals surface area contributed by atoms with E-state index in [2.05, 4.69) is 12.2 Å². The summed E-state index contributed by atoms with van der Waals surface area (Å²) in [6.07, 6.45) is 5.24. The quantitative estimate of drug-likeness (QED) is 0.603. The van der Waals surface area contributed by atoms with Crippen LogP contribution in [0.2, 0.25) is 0 Å².